The first kappa shape index (κ1) is 15.0. The van der Waals surface area contributed by atoms with Crippen molar-refractivity contribution >= 4 is 21.8 Å². The average Bonchev–Trinajstić information content (AvgIpc) is 2.34. The molecule has 1 rings (SSSR count). The zero-order chi connectivity index (χ0) is 13.7. The van der Waals surface area contributed by atoms with E-state index >= 15 is 0 Å². The molecule has 0 fully saturated rings. The maximum absolute atomic E-state index is 13.6. The van der Waals surface area contributed by atoms with Crippen LogP contribution in [0.3, 0.4) is 0 Å². The maximum Gasteiger partial charge on any atom is 0.254 e. The molecular formula is C13H17BrFNO2. The second-order valence-electron chi connectivity index (χ2n) is 4.32. The number of methoxy groups -OCH3 is 1. The molecule has 0 aliphatic rings. The van der Waals surface area contributed by atoms with Crippen LogP contribution in [-0.2, 0) is 0 Å². The van der Waals surface area contributed by atoms with Crippen molar-refractivity contribution in [3.63, 3.8) is 0 Å². The number of amides is 1. The molecule has 0 heterocycles. The van der Waals surface area contributed by atoms with Gasteiger partial charge in [0, 0.05) is 17.4 Å². The first-order valence-corrected chi connectivity index (χ1v) is 6.63. The zero-order valence-electron chi connectivity index (χ0n) is 10.7. The number of carbonyl (C=O) groups is 1. The summed E-state index contributed by atoms with van der Waals surface area (Å²) in [7, 11) is 1.45. The zero-order valence-corrected chi connectivity index (χ0v) is 12.3. The highest BCUT2D eigenvalue weighted by atomic mass is 79.9. The van der Waals surface area contributed by atoms with E-state index in [-0.39, 0.29) is 10.4 Å². The van der Waals surface area contributed by atoms with Gasteiger partial charge in [0.15, 0.2) is 0 Å². The smallest absolute Gasteiger partial charge is 0.254 e. The average molecular weight is 318 g/mol. The van der Waals surface area contributed by atoms with Gasteiger partial charge in [0.25, 0.3) is 5.91 Å². The van der Waals surface area contributed by atoms with Crippen molar-refractivity contribution in [1.82, 2.24) is 5.32 Å². The molecule has 0 spiro atoms. The minimum atomic E-state index is -0.581. The lowest BCUT2D eigenvalue weighted by molar-refractivity contribution is 0.0949. The normalized spacial score (nSPS) is 12.3. The number of alkyl halides is 1. The van der Waals surface area contributed by atoms with E-state index in [9.17, 15) is 9.18 Å². The quantitative estimate of drug-likeness (QED) is 0.848. The topological polar surface area (TPSA) is 38.3 Å². The van der Waals surface area contributed by atoms with Gasteiger partial charge in [0.05, 0.1) is 12.7 Å². The first-order valence-electron chi connectivity index (χ1n) is 5.71. The third-order valence-corrected chi connectivity index (χ3v) is 3.98. The Morgan fingerprint density at radius 1 is 1.50 bits per heavy atom. The van der Waals surface area contributed by atoms with Gasteiger partial charge in [-0.1, -0.05) is 29.8 Å². The van der Waals surface area contributed by atoms with Gasteiger partial charge < -0.3 is 10.1 Å². The molecule has 0 bridgehead atoms. The Morgan fingerprint density at radius 2 is 2.17 bits per heavy atom. The van der Waals surface area contributed by atoms with Crippen LogP contribution in [0, 0.1) is 11.7 Å². The standard InChI is InChI=1S/C13H17BrFNO2/c1-8(2)11(14)7-16-13(17)10-5-4-9(18-3)6-12(10)15/h4-6,8,11H,7H2,1-3H3,(H,16,17). The summed E-state index contributed by atoms with van der Waals surface area (Å²) in [6.45, 7) is 4.54. The van der Waals surface area contributed by atoms with Crippen LogP contribution >= 0.6 is 15.9 Å². The van der Waals surface area contributed by atoms with Crippen LogP contribution in [0.2, 0.25) is 0 Å². The van der Waals surface area contributed by atoms with Gasteiger partial charge in [-0.05, 0) is 18.1 Å². The van der Waals surface area contributed by atoms with E-state index in [1.165, 1.54) is 19.2 Å². The molecule has 1 atom stereocenters. The number of hydrogen-bond donors (Lipinski definition) is 1. The van der Waals surface area contributed by atoms with Crippen LogP contribution in [-0.4, -0.2) is 24.4 Å². The highest BCUT2D eigenvalue weighted by molar-refractivity contribution is 9.09. The van der Waals surface area contributed by atoms with Crippen LogP contribution in [0.4, 0.5) is 4.39 Å². The molecule has 0 radical (unpaired) electrons. The van der Waals surface area contributed by atoms with Crippen molar-refractivity contribution in [2.24, 2.45) is 5.92 Å². The number of carbonyl (C=O) groups excluding carboxylic acids is 1. The summed E-state index contributed by atoms with van der Waals surface area (Å²) in [4.78, 5) is 11.9. The van der Waals surface area contributed by atoms with Gasteiger partial charge in [-0.25, -0.2) is 4.39 Å². The minimum Gasteiger partial charge on any atom is -0.497 e. The maximum atomic E-state index is 13.6. The molecule has 18 heavy (non-hydrogen) atoms. The van der Waals surface area contributed by atoms with Gasteiger partial charge in [0.2, 0.25) is 0 Å². The number of benzene rings is 1. The lowest BCUT2D eigenvalue weighted by atomic mass is 10.1. The Morgan fingerprint density at radius 3 is 2.67 bits per heavy atom. The van der Waals surface area contributed by atoms with Crippen molar-refractivity contribution in [3.05, 3.63) is 29.6 Å². The molecule has 5 heteroatoms. The summed E-state index contributed by atoms with van der Waals surface area (Å²) in [5.74, 6) is -0.210. The largest absolute Gasteiger partial charge is 0.497 e. The Labute approximate surface area is 115 Å². The summed E-state index contributed by atoms with van der Waals surface area (Å²) in [6.07, 6.45) is 0. The van der Waals surface area contributed by atoms with Gasteiger partial charge in [0.1, 0.15) is 11.6 Å². The molecule has 0 saturated carbocycles. The third kappa shape index (κ3) is 3.98. The van der Waals surface area contributed by atoms with E-state index in [1.54, 1.807) is 6.07 Å². The van der Waals surface area contributed by atoms with E-state index in [1.807, 2.05) is 13.8 Å². The van der Waals surface area contributed by atoms with E-state index < -0.39 is 11.7 Å². The fourth-order valence-corrected chi connectivity index (χ4v) is 1.49. The van der Waals surface area contributed by atoms with Crippen molar-refractivity contribution < 1.29 is 13.9 Å². The van der Waals surface area contributed by atoms with Crippen LogP contribution < -0.4 is 10.1 Å². The van der Waals surface area contributed by atoms with Gasteiger partial charge in [-0.2, -0.15) is 0 Å². The van der Waals surface area contributed by atoms with Crippen molar-refractivity contribution in [2.45, 2.75) is 18.7 Å². The van der Waals surface area contributed by atoms with Gasteiger partial charge in [-0.3, -0.25) is 4.79 Å². The molecule has 1 aromatic rings. The van der Waals surface area contributed by atoms with E-state index in [0.29, 0.717) is 18.2 Å². The number of hydrogen-bond acceptors (Lipinski definition) is 2. The summed E-state index contributed by atoms with van der Waals surface area (Å²) in [5.41, 5.74) is 0.0271. The number of halogens is 2. The van der Waals surface area contributed by atoms with Gasteiger partial charge in [-0.15, -0.1) is 0 Å². The van der Waals surface area contributed by atoms with Crippen LogP contribution in [0.25, 0.3) is 0 Å². The Kier molecular flexibility index (Phi) is 5.59. The highest BCUT2D eigenvalue weighted by Crippen LogP contribution is 2.16. The molecule has 3 nitrogen and oxygen atoms in total. The van der Waals surface area contributed by atoms with Crippen LogP contribution in [0.15, 0.2) is 18.2 Å². The fraction of sp³-hybridized carbons (Fsp3) is 0.462. The van der Waals surface area contributed by atoms with Crippen molar-refractivity contribution in [2.75, 3.05) is 13.7 Å². The number of nitrogens with one attached hydrogen (secondary N) is 1. The molecule has 0 aliphatic heterocycles. The predicted molar refractivity (Wildman–Crippen MR) is 72.8 cm³/mol. The third-order valence-electron chi connectivity index (χ3n) is 2.60. The van der Waals surface area contributed by atoms with E-state index in [2.05, 4.69) is 21.2 Å². The van der Waals surface area contributed by atoms with E-state index in [4.69, 9.17) is 4.74 Å². The summed E-state index contributed by atoms with van der Waals surface area (Å²) < 4.78 is 18.5. The van der Waals surface area contributed by atoms with Crippen LogP contribution in [0.5, 0.6) is 5.75 Å². The lowest BCUT2D eigenvalue weighted by Crippen LogP contribution is -2.32. The van der Waals surface area contributed by atoms with E-state index in [0.717, 1.165) is 0 Å². The molecule has 0 aliphatic carbocycles. The lowest BCUT2D eigenvalue weighted by Gasteiger charge is -2.14. The van der Waals surface area contributed by atoms with Crippen molar-refractivity contribution in [1.29, 1.82) is 0 Å². The number of ether oxygens (including phenoxy) is 1. The van der Waals surface area contributed by atoms with Gasteiger partial charge >= 0.3 is 0 Å². The second-order valence-corrected chi connectivity index (χ2v) is 5.49. The second kappa shape index (κ2) is 6.73. The molecule has 1 amide bonds. The summed E-state index contributed by atoms with van der Waals surface area (Å²) in [5, 5.41) is 2.69. The first-order chi connectivity index (χ1) is 8.45. The van der Waals surface area contributed by atoms with Crippen molar-refractivity contribution in [3.8, 4) is 5.75 Å². The predicted octanol–water partition coefficient (Wildman–Crippen LogP) is 2.98. The highest BCUT2D eigenvalue weighted by Gasteiger charge is 2.15. The molecular weight excluding hydrogens is 301 g/mol. The number of rotatable bonds is 5. The Balaban J connectivity index is 2.67. The van der Waals surface area contributed by atoms with Crippen LogP contribution in [0.1, 0.15) is 24.2 Å². The fourth-order valence-electron chi connectivity index (χ4n) is 1.33. The minimum absolute atomic E-state index is 0.0271. The Hall–Kier alpha value is -1.10. The molecule has 0 aromatic heterocycles. The molecule has 100 valence electrons. The molecule has 1 N–H and O–H groups in total. The molecule has 1 aromatic carbocycles. The summed E-state index contributed by atoms with van der Waals surface area (Å²) >= 11 is 3.46. The molecule has 0 saturated heterocycles. The monoisotopic (exact) mass is 317 g/mol. The summed E-state index contributed by atoms with van der Waals surface area (Å²) in [6, 6.07) is 4.18. The Bertz CT molecular complexity index is 423. The molecule has 1 unspecified atom stereocenters. The SMILES string of the molecule is COc1ccc(C(=O)NCC(Br)C(C)C)c(F)c1.